The summed E-state index contributed by atoms with van der Waals surface area (Å²) in [6.07, 6.45) is 3.02. The van der Waals surface area contributed by atoms with E-state index in [0.29, 0.717) is 12.2 Å². The second kappa shape index (κ2) is 5.81. The second-order valence-electron chi connectivity index (χ2n) is 5.09. The van der Waals surface area contributed by atoms with Gasteiger partial charge < -0.3 is 15.0 Å². The van der Waals surface area contributed by atoms with E-state index in [1.807, 2.05) is 31.1 Å². The fourth-order valence-corrected chi connectivity index (χ4v) is 2.60. The number of hydrogen-bond donors (Lipinski definition) is 1. The number of nitrogens with one attached hydrogen (secondary N) is 1. The summed E-state index contributed by atoms with van der Waals surface area (Å²) in [6.45, 7) is 2.98. The smallest absolute Gasteiger partial charge is 0.0751 e. The van der Waals surface area contributed by atoms with Gasteiger partial charge in [0.15, 0.2) is 0 Å². The molecule has 1 aromatic carbocycles. The molecule has 1 heterocycles. The maximum Gasteiger partial charge on any atom is 0.0751 e. The Morgan fingerprint density at radius 1 is 1.39 bits per heavy atom. The largest absolute Gasteiger partial charge is 0.382 e. The number of ether oxygens (including phenoxy) is 1. The van der Waals surface area contributed by atoms with Crippen molar-refractivity contribution in [2.24, 2.45) is 0 Å². The van der Waals surface area contributed by atoms with E-state index in [-0.39, 0.29) is 0 Å². The van der Waals surface area contributed by atoms with Crippen LogP contribution in [-0.2, 0) is 4.74 Å². The van der Waals surface area contributed by atoms with Gasteiger partial charge in [0.1, 0.15) is 0 Å². The van der Waals surface area contributed by atoms with Gasteiger partial charge in [0.25, 0.3) is 0 Å². The quantitative estimate of drug-likeness (QED) is 0.906. The summed E-state index contributed by atoms with van der Waals surface area (Å²) < 4.78 is 5.77. The zero-order valence-corrected chi connectivity index (χ0v) is 12.0. The molecule has 1 aliphatic rings. The highest BCUT2D eigenvalue weighted by molar-refractivity contribution is 6.33. The molecule has 4 heteroatoms. The summed E-state index contributed by atoms with van der Waals surface area (Å²) in [5, 5.41) is 4.16. The lowest BCUT2D eigenvalue weighted by molar-refractivity contribution is 0.0637. The molecular weight excluding hydrogens is 248 g/mol. The maximum absolute atomic E-state index is 6.23. The van der Waals surface area contributed by atoms with Crippen LogP contribution in [0.2, 0.25) is 5.02 Å². The Morgan fingerprint density at radius 2 is 2.17 bits per heavy atom. The van der Waals surface area contributed by atoms with Crippen molar-refractivity contribution in [2.75, 3.05) is 30.9 Å². The Kier molecular flexibility index (Phi) is 4.36. The minimum atomic E-state index is 0.326. The van der Waals surface area contributed by atoms with E-state index in [2.05, 4.69) is 18.3 Å². The Balaban J connectivity index is 1.92. The molecule has 2 rings (SSSR count). The van der Waals surface area contributed by atoms with Gasteiger partial charge in [-0.3, -0.25) is 0 Å². The summed E-state index contributed by atoms with van der Waals surface area (Å²) in [5.41, 5.74) is 2.08. The number of anilines is 2. The number of nitrogens with zero attached hydrogens (tertiary/aromatic N) is 1. The predicted octanol–water partition coefficient (Wildman–Crippen LogP) is 3.39. The molecule has 2 unspecified atom stereocenters. The van der Waals surface area contributed by atoms with Gasteiger partial charge in [-0.05, 0) is 38.0 Å². The first-order chi connectivity index (χ1) is 8.56. The lowest BCUT2D eigenvalue weighted by Crippen LogP contribution is -2.19. The fourth-order valence-electron chi connectivity index (χ4n) is 2.25. The lowest BCUT2D eigenvalue weighted by atomic mass is 10.2. The van der Waals surface area contributed by atoms with Crippen LogP contribution < -0.4 is 10.2 Å². The molecule has 2 atom stereocenters. The Labute approximate surface area is 114 Å². The van der Waals surface area contributed by atoms with Crippen LogP contribution >= 0.6 is 11.6 Å². The zero-order chi connectivity index (χ0) is 13.1. The van der Waals surface area contributed by atoms with Gasteiger partial charge in [0, 0.05) is 26.3 Å². The molecule has 1 fully saturated rings. The van der Waals surface area contributed by atoms with Crippen molar-refractivity contribution in [1.29, 1.82) is 0 Å². The van der Waals surface area contributed by atoms with Crippen molar-refractivity contribution in [3.8, 4) is 0 Å². The zero-order valence-electron chi connectivity index (χ0n) is 11.2. The van der Waals surface area contributed by atoms with Crippen molar-refractivity contribution < 1.29 is 4.74 Å². The van der Waals surface area contributed by atoms with Gasteiger partial charge in [-0.15, -0.1) is 0 Å². The topological polar surface area (TPSA) is 24.5 Å². The van der Waals surface area contributed by atoms with E-state index in [1.54, 1.807) is 0 Å². The molecule has 0 radical (unpaired) electrons. The van der Waals surface area contributed by atoms with Crippen LogP contribution in [0, 0.1) is 0 Å². The highest BCUT2D eigenvalue weighted by Gasteiger charge is 2.21. The number of rotatable bonds is 4. The third-order valence-electron chi connectivity index (χ3n) is 3.28. The van der Waals surface area contributed by atoms with E-state index in [1.165, 1.54) is 0 Å². The molecule has 1 saturated heterocycles. The van der Waals surface area contributed by atoms with Crippen molar-refractivity contribution in [1.82, 2.24) is 0 Å². The summed E-state index contributed by atoms with van der Waals surface area (Å²) in [5.74, 6) is 0. The Hall–Kier alpha value is -0.930. The van der Waals surface area contributed by atoms with Crippen LogP contribution in [-0.4, -0.2) is 32.8 Å². The molecule has 0 aromatic heterocycles. The number of benzene rings is 1. The van der Waals surface area contributed by atoms with E-state index in [0.717, 1.165) is 35.8 Å². The van der Waals surface area contributed by atoms with Gasteiger partial charge >= 0.3 is 0 Å². The maximum atomic E-state index is 6.23. The minimum absolute atomic E-state index is 0.326. The molecule has 1 aromatic rings. The van der Waals surface area contributed by atoms with Gasteiger partial charge in [-0.25, -0.2) is 0 Å². The summed E-state index contributed by atoms with van der Waals surface area (Å²) in [6, 6.07) is 6.05. The minimum Gasteiger partial charge on any atom is -0.382 e. The van der Waals surface area contributed by atoms with Gasteiger partial charge in [0.05, 0.1) is 22.9 Å². The molecule has 100 valence electrons. The molecule has 0 amide bonds. The van der Waals surface area contributed by atoms with Gasteiger partial charge in [-0.1, -0.05) is 11.6 Å². The summed E-state index contributed by atoms with van der Waals surface area (Å²) >= 11 is 6.23. The van der Waals surface area contributed by atoms with E-state index < -0.39 is 0 Å². The average molecular weight is 269 g/mol. The summed E-state index contributed by atoms with van der Waals surface area (Å²) in [7, 11) is 3.98. The van der Waals surface area contributed by atoms with Crippen molar-refractivity contribution in [3.05, 3.63) is 23.2 Å². The monoisotopic (exact) mass is 268 g/mol. The molecule has 0 bridgehead atoms. The van der Waals surface area contributed by atoms with Crippen molar-refractivity contribution >= 4 is 23.0 Å². The van der Waals surface area contributed by atoms with Crippen LogP contribution in [0.3, 0.4) is 0 Å². The SMILES string of the molecule is CC1CCC(CNc2ccc(N(C)C)c(Cl)c2)O1. The highest BCUT2D eigenvalue weighted by Crippen LogP contribution is 2.27. The number of halogens is 1. The summed E-state index contributed by atoms with van der Waals surface area (Å²) in [4.78, 5) is 2.01. The molecule has 18 heavy (non-hydrogen) atoms. The first-order valence-corrected chi connectivity index (χ1v) is 6.80. The predicted molar refractivity (Wildman–Crippen MR) is 77.8 cm³/mol. The first-order valence-electron chi connectivity index (χ1n) is 6.42. The third-order valence-corrected chi connectivity index (χ3v) is 3.59. The number of hydrogen-bond acceptors (Lipinski definition) is 3. The van der Waals surface area contributed by atoms with Crippen LogP contribution in [0.5, 0.6) is 0 Å². The molecule has 0 aliphatic carbocycles. The molecule has 1 N–H and O–H groups in total. The van der Waals surface area contributed by atoms with Crippen LogP contribution in [0.15, 0.2) is 18.2 Å². The molecule has 0 saturated carbocycles. The van der Waals surface area contributed by atoms with E-state index in [4.69, 9.17) is 16.3 Å². The standard InChI is InChI=1S/C14H21ClN2O/c1-10-4-6-12(18-10)9-16-11-5-7-14(17(2)3)13(15)8-11/h5,7-8,10,12,16H,4,6,9H2,1-3H3. The molecule has 3 nitrogen and oxygen atoms in total. The van der Waals surface area contributed by atoms with Crippen molar-refractivity contribution in [3.63, 3.8) is 0 Å². The van der Waals surface area contributed by atoms with Crippen LogP contribution in [0.4, 0.5) is 11.4 Å². The van der Waals surface area contributed by atoms with Crippen LogP contribution in [0.1, 0.15) is 19.8 Å². The molecular formula is C14H21ClN2O. The van der Waals surface area contributed by atoms with Crippen molar-refractivity contribution in [2.45, 2.75) is 32.0 Å². The van der Waals surface area contributed by atoms with Gasteiger partial charge in [0.2, 0.25) is 0 Å². The molecule has 0 spiro atoms. The lowest BCUT2D eigenvalue weighted by Gasteiger charge is -2.17. The highest BCUT2D eigenvalue weighted by atomic mass is 35.5. The third kappa shape index (κ3) is 3.30. The van der Waals surface area contributed by atoms with Gasteiger partial charge in [-0.2, -0.15) is 0 Å². The van der Waals surface area contributed by atoms with Crippen LogP contribution in [0.25, 0.3) is 0 Å². The molecule has 1 aliphatic heterocycles. The normalized spacial score (nSPS) is 23.1. The Morgan fingerprint density at radius 3 is 2.72 bits per heavy atom. The average Bonchev–Trinajstić information content (AvgIpc) is 2.72. The Bertz CT molecular complexity index is 409. The van der Waals surface area contributed by atoms with E-state index >= 15 is 0 Å². The first kappa shape index (κ1) is 13.5. The second-order valence-corrected chi connectivity index (χ2v) is 5.49. The van der Waals surface area contributed by atoms with E-state index in [9.17, 15) is 0 Å². The fraction of sp³-hybridized carbons (Fsp3) is 0.571.